The first-order chi connectivity index (χ1) is 12.3. The van der Waals surface area contributed by atoms with Gasteiger partial charge in [0.05, 0.1) is 11.8 Å². The lowest BCUT2D eigenvalue weighted by Crippen LogP contribution is -2.48. The van der Waals surface area contributed by atoms with Gasteiger partial charge in [-0.1, -0.05) is 28.9 Å². The molecule has 10 heteroatoms. The summed E-state index contributed by atoms with van der Waals surface area (Å²) in [5.74, 6) is -2.79. The molecule has 2 heterocycles. The Morgan fingerprint density at radius 3 is 2.62 bits per heavy atom. The molecule has 1 unspecified atom stereocenters. The van der Waals surface area contributed by atoms with Crippen LogP contribution < -0.4 is 5.32 Å². The Labute approximate surface area is 150 Å². The van der Waals surface area contributed by atoms with Gasteiger partial charge >= 0.3 is 12.1 Å². The maximum atomic E-state index is 12.7. The van der Waals surface area contributed by atoms with E-state index in [0.29, 0.717) is 27.5 Å². The fourth-order valence-electron chi connectivity index (χ4n) is 2.81. The number of carbonyl (C=O) groups is 2. The predicted octanol–water partition coefficient (Wildman–Crippen LogP) is 3.49. The molecule has 3 rings (SSSR count). The highest BCUT2D eigenvalue weighted by Gasteiger charge is 2.47. The topological polar surface area (TPSA) is 75.4 Å². The number of nitrogens with zero attached hydrogens (tertiary/aromatic N) is 2. The molecule has 0 aliphatic carbocycles. The van der Waals surface area contributed by atoms with Crippen LogP contribution in [-0.4, -0.2) is 40.6 Å². The van der Waals surface area contributed by atoms with Gasteiger partial charge in [-0.2, -0.15) is 13.2 Å². The van der Waals surface area contributed by atoms with Crippen LogP contribution >= 0.6 is 11.6 Å². The number of likely N-dealkylation sites (tertiary alicyclic amines) is 1. The summed E-state index contributed by atoms with van der Waals surface area (Å²) in [6, 6.07) is 5.42. The summed E-state index contributed by atoms with van der Waals surface area (Å²) in [5.41, 5.74) is 1.10. The van der Waals surface area contributed by atoms with Crippen LogP contribution in [0.1, 0.15) is 12.8 Å². The maximum absolute atomic E-state index is 12.7. The van der Waals surface area contributed by atoms with Crippen molar-refractivity contribution in [3.63, 3.8) is 0 Å². The van der Waals surface area contributed by atoms with Crippen LogP contribution in [0.15, 0.2) is 35.0 Å². The molecule has 138 valence electrons. The molecule has 1 fully saturated rings. The van der Waals surface area contributed by atoms with E-state index in [1.807, 2.05) is 0 Å². The van der Waals surface area contributed by atoms with E-state index < -0.39 is 24.0 Å². The van der Waals surface area contributed by atoms with Crippen LogP contribution in [0, 0.1) is 0 Å². The number of nitrogens with one attached hydrogen (secondary N) is 1. The fraction of sp³-hybridized carbons (Fsp3) is 0.312. The van der Waals surface area contributed by atoms with Crippen LogP contribution in [0.2, 0.25) is 5.02 Å². The van der Waals surface area contributed by atoms with Crippen molar-refractivity contribution < 1.29 is 27.3 Å². The van der Waals surface area contributed by atoms with Gasteiger partial charge in [0.15, 0.2) is 0 Å². The molecule has 1 N–H and O–H groups in total. The van der Waals surface area contributed by atoms with Crippen molar-refractivity contribution >= 4 is 29.3 Å². The predicted molar refractivity (Wildman–Crippen MR) is 86.4 cm³/mol. The molecule has 2 amide bonds. The number of benzene rings is 1. The van der Waals surface area contributed by atoms with Crippen LogP contribution in [0.4, 0.5) is 19.1 Å². The minimum atomic E-state index is -5.02. The summed E-state index contributed by atoms with van der Waals surface area (Å²) in [5, 5.41) is 6.55. The maximum Gasteiger partial charge on any atom is 0.471 e. The van der Waals surface area contributed by atoms with E-state index in [1.165, 1.54) is 6.20 Å². The number of rotatable bonds is 3. The number of carbonyl (C=O) groups excluding carboxylic acids is 2. The van der Waals surface area contributed by atoms with Gasteiger partial charge in [0.25, 0.3) is 0 Å². The third-order valence-electron chi connectivity index (χ3n) is 4.02. The molecule has 1 saturated heterocycles. The average Bonchev–Trinajstić information content (AvgIpc) is 3.23. The minimum Gasteiger partial charge on any atom is -0.338 e. The number of amides is 2. The molecule has 26 heavy (non-hydrogen) atoms. The Morgan fingerprint density at radius 2 is 1.96 bits per heavy atom. The summed E-state index contributed by atoms with van der Waals surface area (Å²) < 4.78 is 43.0. The van der Waals surface area contributed by atoms with Crippen molar-refractivity contribution in [3.05, 3.63) is 35.5 Å². The normalized spacial score (nSPS) is 17.4. The number of anilines is 1. The van der Waals surface area contributed by atoms with Crippen LogP contribution in [0.5, 0.6) is 0 Å². The van der Waals surface area contributed by atoms with Crippen molar-refractivity contribution in [2.75, 3.05) is 11.9 Å². The van der Waals surface area contributed by atoms with Crippen molar-refractivity contribution in [1.82, 2.24) is 10.1 Å². The second kappa shape index (κ2) is 6.99. The Morgan fingerprint density at radius 1 is 1.27 bits per heavy atom. The summed E-state index contributed by atoms with van der Waals surface area (Å²) in [6.07, 6.45) is -3.21. The van der Waals surface area contributed by atoms with Gasteiger partial charge in [-0.25, -0.2) is 0 Å². The quantitative estimate of drug-likeness (QED) is 0.874. The lowest BCUT2D eigenvalue weighted by molar-refractivity contribution is -0.186. The number of alkyl halides is 3. The van der Waals surface area contributed by atoms with E-state index in [1.54, 1.807) is 24.3 Å². The molecule has 2 aromatic rings. The Hall–Kier alpha value is -2.55. The number of halogens is 4. The number of hydrogen-bond donors (Lipinski definition) is 1. The fourth-order valence-corrected chi connectivity index (χ4v) is 2.93. The second-order valence-electron chi connectivity index (χ2n) is 5.72. The van der Waals surface area contributed by atoms with Gasteiger partial charge < -0.3 is 9.42 Å². The molecule has 0 spiro atoms. The second-order valence-corrected chi connectivity index (χ2v) is 6.16. The molecule has 1 aromatic carbocycles. The molecular weight excluding hydrogens is 375 g/mol. The lowest BCUT2D eigenvalue weighted by atomic mass is 10.1. The molecule has 0 saturated carbocycles. The zero-order valence-electron chi connectivity index (χ0n) is 13.2. The molecule has 0 radical (unpaired) electrons. The molecule has 1 atom stereocenters. The Bertz CT molecular complexity index is 820. The van der Waals surface area contributed by atoms with Crippen molar-refractivity contribution in [2.24, 2.45) is 0 Å². The van der Waals surface area contributed by atoms with Gasteiger partial charge in [0.2, 0.25) is 11.8 Å². The van der Waals surface area contributed by atoms with Gasteiger partial charge in [0, 0.05) is 11.6 Å². The van der Waals surface area contributed by atoms with Gasteiger partial charge in [-0.3, -0.25) is 14.9 Å². The smallest absolute Gasteiger partial charge is 0.338 e. The highest BCUT2D eigenvalue weighted by molar-refractivity contribution is 6.30. The van der Waals surface area contributed by atoms with Crippen molar-refractivity contribution in [3.8, 4) is 11.1 Å². The zero-order valence-corrected chi connectivity index (χ0v) is 14.0. The van der Waals surface area contributed by atoms with Gasteiger partial charge in [-0.05, 0) is 30.5 Å². The minimum absolute atomic E-state index is 0.0105. The molecule has 1 aliphatic heterocycles. The van der Waals surface area contributed by atoms with Crippen LogP contribution in [0.25, 0.3) is 11.1 Å². The molecular formula is C16H13ClF3N3O3. The van der Waals surface area contributed by atoms with E-state index in [9.17, 15) is 22.8 Å². The monoisotopic (exact) mass is 387 g/mol. The zero-order chi connectivity index (χ0) is 18.9. The summed E-state index contributed by atoms with van der Waals surface area (Å²) in [6.45, 7) is -0.128. The molecule has 6 nitrogen and oxygen atoms in total. The first-order valence-electron chi connectivity index (χ1n) is 7.66. The van der Waals surface area contributed by atoms with Crippen molar-refractivity contribution in [1.29, 1.82) is 0 Å². The van der Waals surface area contributed by atoms with E-state index >= 15 is 0 Å². The van der Waals surface area contributed by atoms with Crippen LogP contribution in [0.3, 0.4) is 0 Å². The largest absolute Gasteiger partial charge is 0.471 e. The van der Waals surface area contributed by atoms with Crippen molar-refractivity contribution in [2.45, 2.75) is 25.1 Å². The summed E-state index contributed by atoms with van der Waals surface area (Å²) in [7, 11) is 0. The van der Waals surface area contributed by atoms with E-state index in [0.717, 1.165) is 0 Å². The van der Waals surface area contributed by atoms with Gasteiger partial charge in [-0.15, -0.1) is 0 Å². The summed E-state index contributed by atoms with van der Waals surface area (Å²) >= 11 is 5.83. The van der Waals surface area contributed by atoms with Crippen LogP contribution in [-0.2, 0) is 9.59 Å². The average molecular weight is 388 g/mol. The highest BCUT2D eigenvalue weighted by atomic mass is 35.5. The molecule has 1 aromatic heterocycles. The Kier molecular flexibility index (Phi) is 4.90. The first kappa shape index (κ1) is 18.2. The molecule has 0 bridgehead atoms. The number of hydrogen-bond acceptors (Lipinski definition) is 4. The van der Waals surface area contributed by atoms with E-state index in [-0.39, 0.29) is 18.8 Å². The summed E-state index contributed by atoms with van der Waals surface area (Å²) in [4.78, 5) is 24.4. The van der Waals surface area contributed by atoms with E-state index in [2.05, 4.69) is 10.5 Å². The first-order valence-corrected chi connectivity index (χ1v) is 8.04. The standard InChI is InChI=1S/C16H13ClF3N3O3/c17-10-5-3-9(4-6-10)11-8-21-26-14(11)22-13(24)12-2-1-7-23(12)15(25)16(18,19)20/h3-6,8,12H,1-2,7H2,(H,22,24). The lowest BCUT2D eigenvalue weighted by Gasteiger charge is -2.24. The third kappa shape index (κ3) is 3.67. The Balaban J connectivity index is 1.77. The third-order valence-corrected chi connectivity index (χ3v) is 4.27. The SMILES string of the molecule is O=C(Nc1oncc1-c1ccc(Cl)cc1)C1CCCN1C(=O)C(F)(F)F. The van der Waals surface area contributed by atoms with E-state index in [4.69, 9.17) is 16.1 Å². The number of aromatic nitrogens is 1. The highest BCUT2D eigenvalue weighted by Crippen LogP contribution is 2.30. The van der Waals surface area contributed by atoms with Gasteiger partial charge in [0.1, 0.15) is 6.04 Å². The molecule has 1 aliphatic rings.